The number of carbonyl (C=O) groups is 2. The van der Waals surface area contributed by atoms with E-state index in [1.54, 1.807) is 44.1 Å². The van der Waals surface area contributed by atoms with Gasteiger partial charge in [-0.3, -0.25) is 14.3 Å². The third-order valence-corrected chi connectivity index (χ3v) is 6.73. The molecule has 0 bridgehead atoms. The van der Waals surface area contributed by atoms with Crippen molar-refractivity contribution in [2.24, 2.45) is 0 Å². The third-order valence-electron chi connectivity index (χ3n) is 6.14. The summed E-state index contributed by atoms with van der Waals surface area (Å²) in [5.74, 6) is 0.446. The summed E-state index contributed by atoms with van der Waals surface area (Å²) in [6.45, 7) is 3.12. The van der Waals surface area contributed by atoms with Gasteiger partial charge in [-0.15, -0.1) is 0 Å². The SMILES string of the molecule is Cc1ccc(C(=O)N2CCC(c3ccc(CCC(=O)N(C)C)cc3)CC2)cc1NS(C)(=O)=O. The van der Waals surface area contributed by atoms with Crippen LogP contribution in [0.25, 0.3) is 0 Å². The van der Waals surface area contributed by atoms with Gasteiger partial charge in [-0.2, -0.15) is 0 Å². The van der Waals surface area contributed by atoms with Crippen LogP contribution in [-0.2, 0) is 21.2 Å². The molecule has 8 heteroatoms. The molecule has 1 aliphatic rings. The number of amides is 2. The van der Waals surface area contributed by atoms with Crippen molar-refractivity contribution < 1.29 is 18.0 Å². The fourth-order valence-electron chi connectivity index (χ4n) is 4.09. The molecule has 2 amide bonds. The fraction of sp³-hybridized carbons (Fsp3) is 0.440. The van der Waals surface area contributed by atoms with Crippen molar-refractivity contribution >= 4 is 27.5 Å². The van der Waals surface area contributed by atoms with Crippen LogP contribution in [0.1, 0.15) is 52.2 Å². The van der Waals surface area contributed by atoms with Crippen LogP contribution in [0.2, 0.25) is 0 Å². The first-order valence-corrected chi connectivity index (χ1v) is 13.1. The summed E-state index contributed by atoms with van der Waals surface area (Å²) < 4.78 is 25.7. The van der Waals surface area contributed by atoms with Crippen molar-refractivity contribution in [3.63, 3.8) is 0 Å². The molecule has 2 aromatic rings. The molecule has 0 saturated carbocycles. The molecular weight excluding hydrogens is 438 g/mol. The Morgan fingerprint density at radius 1 is 1.06 bits per heavy atom. The molecule has 7 nitrogen and oxygen atoms in total. The lowest BCUT2D eigenvalue weighted by molar-refractivity contribution is -0.128. The van der Waals surface area contributed by atoms with Gasteiger partial charge < -0.3 is 9.80 Å². The van der Waals surface area contributed by atoms with Gasteiger partial charge in [-0.1, -0.05) is 30.3 Å². The summed E-state index contributed by atoms with van der Waals surface area (Å²) in [7, 11) is 0.128. The number of hydrogen-bond acceptors (Lipinski definition) is 4. The molecule has 1 N–H and O–H groups in total. The average Bonchev–Trinajstić information content (AvgIpc) is 2.78. The molecule has 1 aliphatic heterocycles. The molecule has 0 aromatic heterocycles. The van der Waals surface area contributed by atoms with Gasteiger partial charge in [0.05, 0.1) is 11.9 Å². The lowest BCUT2D eigenvalue weighted by Crippen LogP contribution is -2.38. The van der Waals surface area contributed by atoms with Crippen LogP contribution in [0, 0.1) is 6.92 Å². The normalized spacial score (nSPS) is 14.7. The first-order valence-electron chi connectivity index (χ1n) is 11.2. The van der Waals surface area contributed by atoms with Crippen molar-refractivity contribution in [1.82, 2.24) is 9.80 Å². The maximum absolute atomic E-state index is 13.0. The van der Waals surface area contributed by atoms with Crippen LogP contribution in [0.4, 0.5) is 5.69 Å². The maximum Gasteiger partial charge on any atom is 0.253 e. The summed E-state index contributed by atoms with van der Waals surface area (Å²) in [6.07, 6.45) is 4.10. The van der Waals surface area contributed by atoms with Crippen molar-refractivity contribution in [3.05, 3.63) is 64.7 Å². The van der Waals surface area contributed by atoms with Crippen molar-refractivity contribution in [2.75, 3.05) is 38.2 Å². The number of benzene rings is 2. The molecule has 0 radical (unpaired) electrons. The molecule has 0 aliphatic carbocycles. The zero-order chi connectivity index (χ0) is 24.2. The lowest BCUT2D eigenvalue weighted by Gasteiger charge is -2.32. The Morgan fingerprint density at radius 2 is 1.70 bits per heavy atom. The monoisotopic (exact) mass is 471 g/mol. The van der Waals surface area contributed by atoms with Crippen LogP contribution in [0.15, 0.2) is 42.5 Å². The van der Waals surface area contributed by atoms with Crippen LogP contribution in [0.5, 0.6) is 0 Å². The number of likely N-dealkylation sites (tertiary alicyclic amines) is 1. The highest BCUT2D eigenvalue weighted by Crippen LogP contribution is 2.29. The standard InChI is InChI=1S/C25H33N3O4S/c1-18-5-9-22(17-23(18)26-33(4,31)32)25(30)28-15-13-21(14-16-28)20-10-6-19(7-11-20)8-12-24(29)27(2)3/h5-7,9-11,17,21,26H,8,12-16H2,1-4H3. The smallest absolute Gasteiger partial charge is 0.253 e. The zero-order valence-corrected chi connectivity index (χ0v) is 20.6. The minimum absolute atomic E-state index is 0.0779. The molecule has 2 aromatic carbocycles. The van der Waals surface area contributed by atoms with E-state index in [0.29, 0.717) is 36.7 Å². The van der Waals surface area contributed by atoms with E-state index < -0.39 is 10.0 Å². The second kappa shape index (κ2) is 10.4. The number of aryl methyl sites for hydroxylation is 2. The minimum Gasteiger partial charge on any atom is -0.349 e. The van der Waals surface area contributed by atoms with Crippen molar-refractivity contribution in [1.29, 1.82) is 0 Å². The van der Waals surface area contributed by atoms with Gasteiger partial charge >= 0.3 is 0 Å². The largest absolute Gasteiger partial charge is 0.349 e. The number of nitrogens with one attached hydrogen (secondary N) is 1. The Bertz CT molecular complexity index is 1100. The van der Waals surface area contributed by atoms with Gasteiger partial charge in [-0.25, -0.2) is 8.42 Å². The van der Waals surface area contributed by atoms with Crippen molar-refractivity contribution in [2.45, 2.75) is 38.5 Å². The lowest BCUT2D eigenvalue weighted by atomic mass is 9.88. The highest BCUT2D eigenvalue weighted by molar-refractivity contribution is 7.92. The Kier molecular flexibility index (Phi) is 7.79. The molecular formula is C25H33N3O4S. The Hall–Kier alpha value is -2.87. The number of piperidine rings is 1. The zero-order valence-electron chi connectivity index (χ0n) is 19.8. The van der Waals surface area contributed by atoms with E-state index in [2.05, 4.69) is 29.0 Å². The number of carbonyl (C=O) groups excluding carboxylic acids is 2. The van der Waals surface area contributed by atoms with E-state index in [-0.39, 0.29) is 11.8 Å². The highest BCUT2D eigenvalue weighted by Gasteiger charge is 2.25. The number of nitrogens with zero attached hydrogens (tertiary/aromatic N) is 2. The number of anilines is 1. The Balaban J connectivity index is 1.58. The topological polar surface area (TPSA) is 86.8 Å². The molecule has 1 heterocycles. The summed E-state index contributed by atoms with van der Waals surface area (Å²) >= 11 is 0. The summed E-state index contributed by atoms with van der Waals surface area (Å²) in [5.41, 5.74) is 4.11. The van der Waals surface area contributed by atoms with Gasteiger partial charge in [0.1, 0.15) is 0 Å². The second-order valence-electron chi connectivity index (χ2n) is 9.00. The van der Waals surface area contributed by atoms with E-state index in [1.807, 2.05) is 4.90 Å². The van der Waals surface area contributed by atoms with E-state index >= 15 is 0 Å². The third kappa shape index (κ3) is 6.81. The molecule has 1 saturated heterocycles. The van der Waals surface area contributed by atoms with Crippen LogP contribution < -0.4 is 4.72 Å². The van der Waals surface area contributed by atoms with E-state index in [9.17, 15) is 18.0 Å². The van der Waals surface area contributed by atoms with Crippen LogP contribution in [0.3, 0.4) is 0 Å². The number of hydrogen-bond donors (Lipinski definition) is 1. The van der Waals surface area contributed by atoms with Gasteiger partial charge in [0, 0.05) is 39.2 Å². The predicted molar refractivity (Wildman–Crippen MR) is 131 cm³/mol. The molecule has 0 spiro atoms. The highest BCUT2D eigenvalue weighted by atomic mass is 32.2. The van der Waals surface area contributed by atoms with Gasteiger partial charge in [0.2, 0.25) is 15.9 Å². The molecule has 0 unspecified atom stereocenters. The quantitative estimate of drug-likeness (QED) is 0.671. The van der Waals surface area contributed by atoms with E-state index in [4.69, 9.17) is 0 Å². The summed E-state index contributed by atoms with van der Waals surface area (Å²) in [4.78, 5) is 28.2. The van der Waals surface area contributed by atoms with Gasteiger partial charge in [0.15, 0.2) is 0 Å². The molecule has 0 atom stereocenters. The van der Waals surface area contributed by atoms with Crippen LogP contribution >= 0.6 is 0 Å². The van der Waals surface area contributed by atoms with E-state index in [0.717, 1.165) is 36.6 Å². The van der Waals surface area contributed by atoms with Gasteiger partial charge in [-0.05, 0) is 60.9 Å². The average molecular weight is 472 g/mol. The Labute approximate surface area is 196 Å². The Morgan fingerprint density at radius 3 is 2.27 bits per heavy atom. The summed E-state index contributed by atoms with van der Waals surface area (Å²) in [6, 6.07) is 13.6. The number of sulfonamides is 1. The fourth-order valence-corrected chi connectivity index (χ4v) is 4.71. The van der Waals surface area contributed by atoms with Gasteiger partial charge in [0.25, 0.3) is 5.91 Å². The first kappa shape index (κ1) is 24.8. The predicted octanol–water partition coefficient (Wildman–Crippen LogP) is 3.41. The first-order chi connectivity index (χ1) is 15.5. The number of rotatable bonds is 7. The van der Waals surface area contributed by atoms with E-state index in [1.165, 1.54) is 5.56 Å². The molecule has 1 fully saturated rings. The second-order valence-corrected chi connectivity index (χ2v) is 10.7. The minimum atomic E-state index is -3.41. The van der Waals surface area contributed by atoms with Crippen LogP contribution in [-0.4, -0.2) is 63.5 Å². The van der Waals surface area contributed by atoms with Crippen molar-refractivity contribution in [3.8, 4) is 0 Å². The molecule has 3 rings (SSSR count). The molecule has 33 heavy (non-hydrogen) atoms. The maximum atomic E-state index is 13.0. The summed E-state index contributed by atoms with van der Waals surface area (Å²) in [5, 5.41) is 0. The molecule has 178 valence electrons.